The molecule has 0 bridgehead atoms. The summed E-state index contributed by atoms with van der Waals surface area (Å²) < 4.78 is 18.6. The number of non-ortho nitro benzene ring substituents is 1. The van der Waals surface area contributed by atoms with Crippen molar-refractivity contribution in [3.8, 4) is 0 Å². The lowest BCUT2D eigenvalue weighted by Gasteiger charge is -2.27. The Hall–Kier alpha value is -1.20. The summed E-state index contributed by atoms with van der Waals surface area (Å²) in [7, 11) is 0. The van der Waals surface area contributed by atoms with Crippen molar-refractivity contribution in [2.75, 3.05) is 13.2 Å². The van der Waals surface area contributed by atoms with Gasteiger partial charge in [0.25, 0.3) is 5.69 Å². The molecule has 1 aromatic carbocycles. The SMILES string of the molecule is O=[N+]([O-])c1cc(F)cc(CC2COCCC2Cl)c1. The molecule has 0 aromatic heterocycles. The van der Waals surface area contributed by atoms with Crippen LogP contribution in [0.3, 0.4) is 0 Å². The van der Waals surface area contributed by atoms with Gasteiger partial charge in [-0.1, -0.05) is 0 Å². The van der Waals surface area contributed by atoms with E-state index in [2.05, 4.69) is 0 Å². The fourth-order valence-electron chi connectivity index (χ4n) is 2.12. The third-order valence-corrected chi connectivity index (χ3v) is 3.61. The van der Waals surface area contributed by atoms with Crippen molar-refractivity contribution >= 4 is 17.3 Å². The zero-order valence-electron chi connectivity index (χ0n) is 9.64. The van der Waals surface area contributed by atoms with Gasteiger partial charge in [0.15, 0.2) is 0 Å². The molecule has 98 valence electrons. The van der Waals surface area contributed by atoms with Gasteiger partial charge in [-0.05, 0) is 24.5 Å². The number of nitro groups is 1. The van der Waals surface area contributed by atoms with Gasteiger partial charge in [0, 0.05) is 24.0 Å². The number of alkyl halides is 1. The maximum Gasteiger partial charge on any atom is 0.272 e. The molecule has 0 spiro atoms. The van der Waals surface area contributed by atoms with E-state index in [1.807, 2.05) is 0 Å². The van der Waals surface area contributed by atoms with Crippen molar-refractivity contribution in [2.45, 2.75) is 18.2 Å². The first kappa shape index (κ1) is 13.2. The van der Waals surface area contributed by atoms with E-state index < -0.39 is 10.7 Å². The predicted molar refractivity (Wildman–Crippen MR) is 65.3 cm³/mol. The largest absolute Gasteiger partial charge is 0.381 e. The third kappa shape index (κ3) is 3.17. The van der Waals surface area contributed by atoms with Crippen LogP contribution in [0.25, 0.3) is 0 Å². The molecule has 1 aromatic rings. The van der Waals surface area contributed by atoms with E-state index in [-0.39, 0.29) is 17.0 Å². The smallest absolute Gasteiger partial charge is 0.272 e. The van der Waals surface area contributed by atoms with E-state index in [1.54, 1.807) is 0 Å². The average Bonchev–Trinajstić information content (AvgIpc) is 2.31. The number of benzene rings is 1. The van der Waals surface area contributed by atoms with Crippen LogP contribution in [0, 0.1) is 21.8 Å². The van der Waals surface area contributed by atoms with Crippen molar-refractivity contribution in [3.63, 3.8) is 0 Å². The fourth-order valence-corrected chi connectivity index (χ4v) is 2.37. The highest BCUT2D eigenvalue weighted by Gasteiger charge is 2.24. The Bertz CT molecular complexity index is 455. The standard InChI is InChI=1S/C12H13ClFNO3/c13-12-1-2-18-7-9(12)3-8-4-10(14)6-11(5-8)15(16)17/h4-6,9,12H,1-3,7H2. The molecule has 1 aliphatic heterocycles. The van der Waals surface area contributed by atoms with Crippen LogP contribution >= 0.6 is 11.6 Å². The van der Waals surface area contributed by atoms with Crippen LogP contribution in [-0.4, -0.2) is 23.5 Å². The van der Waals surface area contributed by atoms with Gasteiger partial charge < -0.3 is 4.74 Å². The number of nitrogens with zero attached hydrogens (tertiary/aromatic N) is 1. The van der Waals surface area contributed by atoms with Gasteiger partial charge in [0.1, 0.15) is 5.82 Å². The van der Waals surface area contributed by atoms with E-state index in [0.717, 1.165) is 12.5 Å². The lowest BCUT2D eigenvalue weighted by molar-refractivity contribution is -0.385. The monoisotopic (exact) mass is 273 g/mol. The van der Waals surface area contributed by atoms with Crippen molar-refractivity contribution in [1.29, 1.82) is 0 Å². The second-order valence-corrected chi connectivity index (χ2v) is 4.98. The first-order chi connectivity index (χ1) is 8.56. The Balaban J connectivity index is 2.15. The van der Waals surface area contributed by atoms with Crippen LogP contribution in [0.4, 0.5) is 10.1 Å². The van der Waals surface area contributed by atoms with Gasteiger partial charge in [0.05, 0.1) is 17.6 Å². The summed E-state index contributed by atoms with van der Waals surface area (Å²) in [5, 5.41) is 10.6. The maximum atomic E-state index is 13.3. The summed E-state index contributed by atoms with van der Waals surface area (Å²) in [4.78, 5) is 10.1. The minimum atomic E-state index is -0.595. The number of ether oxygens (including phenoxy) is 1. The van der Waals surface area contributed by atoms with Gasteiger partial charge in [-0.15, -0.1) is 11.6 Å². The van der Waals surface area contributed by atoms with Crippen molar-refractivity contribution in [3.05, 3.63) is 39.7 Å². The Kier molecular flexibility index (Phi) is 4.14. The highest BCUT2D eigenvalue weighted by molar-refractivity contribution is 6.20. The molecule has 0 amide bonds. The predicted octanol–water partition coefficient (Wildman–Crippen LogP) is 2.92. The lowest BCUT2D eigenvalue weighted by Crippen LogP contribution is -2.29. The van der Waals surface area contributed by atoms with Gasteiger partial charge in [-0.25, -0.2) is 4.39 Å². The number of hydrogen-bond acceptors (Lipinski definition) is 3. The molecule has 18 heavy (non-hydrogen) atoms. The molecule has 4 nitrogen and oxygen atoms in total. The summed E-state index contributed by atoms with van der Waals surface area (Å²) in [6, 6.07) is 3.62. The van der Waals surface area contributed by atoms with Crippen molar-refractivity contribution in [1.82, 2.24) is 0 Å². The van der Waals surface area contributed by atoms with Crippen molar-refractivity contribution < 1.29 is 14.1 Å². The lowest BCUT2D eigenvalue weighted by atomic mass is 9.93. The van der Waals surface area contributed by atoms with E-state index in [9.17, 15) is 14.5 Å². The molecule has 0 aliphatic carbocycles. The van der Waals surface area contributed by atoms with E-state index >= 15 is 0 Å². The number of halogens is 2. The zero-order chi connectivity index (χ0) is 13.1. The molecular weight excluding hydrogens is 261 g/mol. The summed E-state index contributed by atoms with van der Waals surface area (Å²) in [6.45, 7) is 1.15. The van der Waals surface area contributed by atoms with Crippen LogP contribution in [-0.2, 0) is 11.2 Å². The van der Waals surface area contributed by atoms with Gasteiger partial charge in [-0.2, -0.15) is 0 Å². The van der Waals surface area contributed by atoms with Crippen LogP contribution < -0.4 is 0 Å². The third-order valence-electron chi connectivity index (χ3n) is 3.03. The van der Waals surface area contributed by atoms with E-state index in [0.29, 0.717) is 25.2 Å². The van der Waals surface area contributed by atoms with Gasteiger partial charge in [0.2, 0.25) is 0 Å². The quantitative estimate of drug-likeness (QED) is 0.483. The molecule has 6 heteroatoms. The molecule has 0 saturated carbocycles. The van der Waals surface area contributed by atoms with E-state index in [1.165, 1.54) is 12.1 Å². The van der Waals surface area contributed by atoms with Crippen LogP contribution in [0.2, 0.25) is 0 Å². The van der Waals surface area contributed by atoms with E-state index in [4.69, 9.17) is 16.3 Å². The summed E-state index contributed by atoms with van der Waals surface area (Å²) in [5.41, 5.74) is 0.357. The molecule has 2 atom stereocenters. The highest BCUT2D eigenvalue weighted by Crippen LogP contribution is 2.26. The molecule has 1 aliphatic rings. The summed E-state index contributed by atoms with van der Waals surface area (Å²) in [5.74, 6) is -0.524. The minimum absolute atomic E-state index is 0.0268. The Morgan fingerprint density at radius 1 is 1.50 bits per heavy atom. The highest BCUT2D eigenvalue weighted by atomic mass is 35.5. The van der Waals surface area contributed by atoms with Crippen LogP contribution in [0.15, 0.2) is 18.2 Å². The van der Waals surface area contributed by atoms with Crippen LogP contribution in [0.1, 0.15) is 12.0 Å². The first-order valence-electron chi connectivity index (χ1n) is 5.72. The molecule has 1 fully saturated rings. The normalized spacial score (nSPS) is 23.9. The van der Waals surface area contributed by atoms with Crippen molar-refractivity contribution in [2.24, 2.45) is 5.92 Å². The molecule has 2 rings (SSSR count). The molecular formula is C12H13ClFNO3. The summed E-state index contributed by atoms with van der Waals surface area (Å²) >= 11 is 6.17. The molecule has 0 N–H and O–H groups in total. The fraction of sp³-hybridized carbons (Fsp3) is 0.500. The van der Waals surface area contributed by atoms with Gasteiger partial charge in [-0.3, -0.25) is 10.1 Å². The summed E-state index contributed by atoms with van der Waals surface area (Å²) in [6.07, 6.45) is 1.25. The number of rotatable bonds is 3. The topological polar surface area (TPSA) is 52.4 Å². The zero-order valence-corrected chi connectivity index (χ0v) is 10.4. The second kappa shape index (κ2) is 5.63. The molecule has 1 saturated heterocycles. The second-order valence-electron chi connectivity index (χ2n) is 4.42. The molecule has 1 heterocycles. The Morgan fingerprint density at radius 3 is 2.94 bits per heavy atom. The van der Waals surface area contributed by atoms with Gasteiger partial charge >= 0.3 is 0 Å². The number of hydrogen-bond donors (Lipinski definition) is 0. The number of nitro benzene ring substituents is 1. The van der Waals surface area contributed by atoms with Crippen LogP contribution in [0.5, 0.6) is 0 Å². The Morgan fingerprint density at radius 2 is 2.28 bits per heavy atom. The molecule has 2 unspecified atom stereocenters. The Labute approximate surface area is 109 Å². The first-order valence-corrected chi connectivity index (χ1v) is 6.15. The maximum absolute atomic E-state index is 13.3. The molecule has 0 radical (unpaired) electrons. The minimum Gasteiger partial charge on any atom is -0.381 e. The average molecular weight is 274 g/mol.